The number of nitriles is 1. The van der Waals surface area contributed by atoms with Crippen LogP contribution in [0.15, 0.2) is 29.3 Å². The molecule has 0 radical (unpaired) electrons. The number of hydrogen-bond acceptors (Lipinski definition) is 3. The van der Waals surface area contributed by atoms with E-state index in [4.69, 9.17) is 11.0 Å². The Bertz CT molecular complexity index is 486. The lowest BCUT2D eigenvalue weighted by Crippen LogP contribution is -2.27. The molecule has 1 aliphatic heterocycles. The standard InChI is InChI=1S/C10H8N4O/c11-5-6-2-1-3-7(4-6)8-9(12)14-10(15)13-8/h1-4,8H,(H3,12,13,14,15). The van der Waals surface area contributed by atoms with Gasteiger partial charge in [-0.15, -0.1) is 0 Å². The number of nitrogens with one attached hydrogen (secondary N) is 1. The van der Waals surface area contributed by atoms with Gasteiger partial charge in [0, 0.05) is 0 Å². The summed E-state index contributed by atoms with van der Waals surface area (Å²) in [5.74, 6) is 0.232. The Morgan fingerprint density at radius 2 is 2.33 bits per heavy atom. The molecule has 2 rings (SSSR count). The van der Waals surface area contributed by atoms with Gasteiger partial charge in [-0.25, -0.2) is 4.79 Å². The molecule has 0 aromatic heterocycles. The fourth-order valence-corrected chi connectivity index (χ4v) is 1.45. The maximum Gasteiger partial charge on any atom is 0.343 e. The molecule has 0 aliphatic carbocycles. The zero-order valence-corrected chi connectivity index (χ0v) is 7.77. The van der Waals surface area contributed by atoms with Crippen LogP contribution in [0.5, 0.6) is 0 Å². The van der Waals surface area contributed by atoms with Crippen LogP contribution >= 0.6 is 0 Å². The van der Waals surface area contributed by atoms with Gasteiger partial charge in [0.15, 0.2) is 0 Å². The van der Waals surface area contributed by atoms with E-state index >= 15 is 0 Å². The van der Waals surface area contributed by atoms with Crippen molar-refractivity contribution in [2.24, 2.45) is 10.7 Å². The van der Waals surface area contributed by atoms with Crippen LogP contribution in [0.3, 0.4) is 0 Å². The van der Waals surface area contributed by atoms with Crippen molar-refractivity contribution in [3.05, 3.63) is 35.4 Å². The summed E-state index contributed by atoms with van der Waals surface area (Å²) in [5, 5.41) is 11.3. The smallest absolute Gasteiger partial charge is 0.343 e. The van der Waals surface area contributed by atoms with E-state index in [1.54, 1.807) is 24.3 Å². The Labute approximate surface area is 86.2 Å². The topological polar surface area (TPSA) is 91.3 Å². The largest absolute Gasteiger partial charge is 0.385 e. The fourth-order valence-electron chi connectivity index (χ4n) is 1.45. The zero-order chi connectivity index (χ0) is 10.8. The number of benzene rings is 1. The Morgan fingerprint density at radius 1 is 1.53 bits per heavy atom. The highest BCUT2D eigenvalue weighted by Crippen LogP contribution is 2.18. The molecule has 0 saturated heterocycles. The molecule has 0 saturated carbocycles. The molecule has 1 aromatic rings. The zero-order valence-electron chi connectivity index (χ0n) is 7.77. The van der Waals surface area contributed by atoms with Crippen LogP contribution in [0.25, 0.3) is 0 Å². The number of nitrogens with zero attached hydrogens (tertiary/aromatic N) is 2. The number of carbonyl (C=O) groups excluding carboxylic acids is 1. The van der Waals surface area contributed by atoms with Crippen molar-refractivity contribution in [2.45, 2.75) is 6.04 Å². The number of nitrogens with two attached hydrogens (primary N) is 1. The molecule has 1 atom stereocenters. The summed E-state index contributed by atoms with van der Waals surface area (Å²) in [7, 11) is 0. The van der Waals surface area contributed by atoms with Gasteiger partial charge in [-0.1, -0.05) is 12.1 Å². The first-order valence-electron chi connectivity index (χ1n) is 4.35. The monoisotopic (exact) mass is 200 g/mol. The summed E-state index contributed by atoms with van der Waals surface area (Å²) >= 11 is 0. The van der Waals surface area contributed by atoms with Crippen molar-refractivity contribution in [3.63, 3.8) is 0 Å². The van der Waals surface area contributed by atoms with Gasteiger partial charge < -0.3 is 11.1 Å². The summed E-state index contributed by atoms with van der Waals surface area (Å²) in [6, 6.07) is 8.07. The van der Waals surface area contributed by atoms with E-state index in [2.05, 4.69) is 10.3 Å². The highest BCUT2D eigenvalue weighted by atomic mass is 16.2. The predicted molar refractivity (Wildman–Crippen MR) is 54.1 cm³/mol. The lowest BCUT2D eigenvalue weighted by atomic mass is 10.0. The molecule has 0 spiro atoms. The Morgan fingerprint density at radius 3 is 2.93 bits per heavy atom. The van der Waals surface area contributed by atoms with Gasteiger partial charge in [-0.05, 0) is 17.7 Å². The van der Waals surface area contributed by atoms with E-state index in [0.717, 1.165) is 5.56 Å². The number of aliphatic imine (C=N–C) groups is 1. The Hall–Kier alpha value is -2.35. The second-order valence-corrected chi connectivity index (χ2v) is 3.16. The van der Waals surface area contributed by atoms with Crippen LogP contribution in [-0.4, -0.2) is 11.9 Å². The molecule has 5 nitrogen and oxygen atoms in total. The molecule has 1 heterocycles. The van der Waals surface area contributed by atoms with E-state index in [-0.39, 0.29) is 5.84 Å². The Kier molecular flexibility index (Phi) is 2.10. The maximum atomic E-state index is 10.9. The number of hydrogen-bond donors (Lipinski definition) is 2. The second kappa shape index (κ2) is 3.42. The van der Waals surface area contributed by atoms with Crippen molar-refractivity contribution in [2.75, 3.05) is 0 Å². The van der Waals surface area contributed by atoms with Gasteiger partial charge in [0.1, 0.15) is 11.9 Å². The fraction of sp³-hybridized carbons (Fsp3) is 0.100. The molecular weight excluding hydrogens is 192 g/mol. The highest BCUT2D eigenvalue weighted by Gasteiger charge is 2.24. The molecule has 15 heavy (non-hydrogen) atoms. The third kappa shape index (κ3) is 1.65. The van der Waals surface area contributed by atoms with E-state index in [1.807, 2.05) is 6.07 Å². The maximum absolute atomic E-state index is 10.9. The summed E-state index contributed by atoms with van der Waals surface area (Å²) in [5.41, 5.74) is 6.87. The third-order valence-electron chi connectivity index (χ3n) is 2.14. The van der Waals surface area contributed by atoms with Gasteiger partial charge in [0.2, 0.25) is 0 Å². The van der Waals surface area contributed by atoms with Gasteiger partial charge in [0.25, 0.3) is 0 Å². The summed E-state index contributed by atoms with van der Waals surface area (Å²) in [6.45, 7) is 0. The average molecular weight is 200 g/mol. The number of rotatable bonds is 1. The number of amidine groups is 1. The van der Waals surface area contributed by atoms with Crippen LogP contribution in [0.1, 0.15) is 17.2 Å². The van der Waals surface area contributed by atoms with E-state index in [0.29, 0.717) is 5.56 Å². The lowest BCUT2D eigenvalue weighted by molar-refractivity contribution is 0.250. The van der Waals surface area contributed by atoms with Gasteiger partial charge >= 0.3 is 6.03 Å². The van der Waals surface area contributed by atoms with Crippen molar-refractivity contribution in [1.82, 2.24) is 5.32 Å². The van der Waals surface area contributed by atoms with Gasteiger partial charge in [-0.2, -0.15) is 10.3 Å². The molecule has 0 fully saturated rings. The van der Waals surface area contributed by atoms with Crippen molar-refractivity contribution in [3.8, 4) is 6.07 Å². The minimum Gasteiger partial charge on any atom is -0.385 e. The number of urea groups is 1. The van der Waals surface area contributed by atoms with Crippen molar-refractivity contribution in [1.29, 1.82) is 5.26 Å². The molecule has 1 aromatic carbocycles. The minimum absolute atomic E-state index is 0.232. The molecule has 5 heteroatoms. The van der Waals surface area contributed by atoms with Crippen LogP contribution in [0.4, 0.5) is 4.79 Å². The molecule has 2 amide bonds. The van der Waals surface area contributed by atoms with Crippen LogP contribution in [-0.2, 0) is 0 Å². The van der Waals surface area contributed by atoms with E-state index < -0.39 is 12.1 Å². The number of amides is 2. The summed E-state index contributed by atoms with van der Waals surface area (Å²) in [6.07, 6.45) is 0. The van der Waals surface area contributed by atoms with Crippen LogP contribution < -0.4 is 11.1 Å². The molecule has 3 N–H and O–H groups in total. The molecule has 1 aliphatic rings. The first kappa shape index (κ1) is 9.21. The third-order valence-corrected chi connectivity index (χ3v) is 2.14. The first-order chi connectivity index (χ1) is 7.20. The van der Waals surface area contributed by atoms with E-state index in [9.17, 15) is 4.79 Å². The van der Waals surface area contributed by atoms with Crippen molar-refractivity contribution < 1.29 is 4.79 Å². The normalized spacial score (nSPS) is 19.3. The predicted octanol–water partition coefficient (Wildman–Crippen LogP) is 0.680. The molecule has 1 unspecified atom stereocenters. The molecular formula is C10H8N4O. The average Bonchev–Trinajstić information content (AvgIpc) is 2.58. The Balaban J connectivity index is 2.36. The van der Waals surface area contributed by atoms with Gasteiger partial charge in [-0.3, -0.25) is 0 Å². The second-order valence-electron chi connectivity index (χ2n) is 3.16. The number of carbonyl (C=O) groups is 1. The quantitative estimate of drug-likeness (QED) is 0.698. The van der Waals surface area contributed by atoms with Crippen LogP contribution in [0, 0.1) is 11.3 Å². The van der Waals surface area contributed by atoms with Gasteiger partial charge in [0.05, 0.1) is 11.6 Å². The SMILES string of the molecule is N#Cc1cccc(C2NC(=O)N=C2N)c1. The van der Waals surface area contributed by atoms with E-state index in [1.165, 1.54) is 0 Å². The highest BCUT2D eigenvalue weighted by molar-refractivity contribution is 6.03. The lowest BCUT2D eigenvalue weighted by Gasteiger charge is -2.10. The first-order valence-corrected chi connectivity index (χ1v) is 4.35. The molecule has 74 valence electrons. The summed E-state index contributed by atoms with van der Waals surface area (Å²) < 4.78 is 0. The van der Waals surface area contributed by atoms with Crippen LogP contribution in [0.2, 0.25) is 0 Å². The molecule has 0 bridgehead atoms. The van der Waals surface area contributed by atoms with Crippen molar-refractivity contribution >= 4 is 11.9 Å². The summed E-state index contributed by atoms with van der Waals surface area (Å²) in [4.78, 5) is 14.5. The minimum atomic E-state index is -0.445.